The standard InChI is InChI=1S/C27H26N6O3S/c1-3-4-6-19-9-12-21(13-10-19)32-30-24-15-18(2)23(17-25(24)31-32)28-27(37)29-26(34)14-11-20-7-5-8-22(16-20)33(35)36/h5,7-17H,3-4,6H2,1-2H3,(H2,28,29,34,37). The minimum Gasteiger partial charge on any atom is -0.332 e. The smallest absolute Gasteiger partial charge is 0.270 e. The lowest BCUT2D eigenvalue weighted by Crippen LogP contribution is -2.33. The van der Waals surface area contributed by atoms with Crippen LogP contribution in [-0.2, 0) is 11.2 Å². The summed E-state index contributed by atoms with van der Waals surface area (Å²) in [4.78, 5) is 24.3. The maximum absolute atomic E-state index is 12.3. The number of nitro benzene ring substituents is 1. The van der Waals surface area contributed by atoms with E-state index in [9.17, 15) is 14.9 Å². The molecule has 37 heavy (non-hydrogen) atoms. The van der Waals surface area contributed by atoms with Crippen molar-refractivity contribution < 1.29 is 9.72 Å². The van der Waals surface area contributed by atoms with Crippen molar-refractivity contribution in [1.82, 2.24) is 20.3 Å². The van der Waals surface area contributed by atoms with Crippen LogP contribution < -0.4 is 10.6 Å². The number of benzene rings is 3. The van der Waals surface area contributed by atoms with Crippen LogP contribution in [0.25, 0.3) is 22.8 Å². The van der Waals surface area contributed by atoms with Gasteiger partial charge < -0.3 is 5.32 Å². The van der Waals surface area contributed by atoms with Gasteiger partial charge in [0.1, 0.15) is 11.0 Å². The van der Waals surface area contributed by atoms with Gasteiger partial charge in [0, 0.05) is 23.9 Å². The lowest BCUT2D eigenvalue weighted by molar-refractivity contribution is -0.384. The Morgan fingerprint density at radius 3 is 2.54 bits per heavy atom. The van der Waals surface area contributed by atoms with E-state index in [-0.39, 0.29) is 10.8 Å². The molecule has 0 aliphatic heterocycles. The number of thiocarbonyl (C=S) groups is 1. The van der Waals surface area contributed by atoms with Gasteiger partial charge in [0.15, 0.2) is 5.11 Å². The minimum atomic E-state index is -0.488. The first-order valence-electron chi connectivity index (χ1n) is 11.8. The lowest BCUT2D eigenvalue weighted by atomic mass is 10.1. The molecular weight excluding hydrogens is 488 g/mol. The predicted molar refractivity (Wildman–Crippen MR) is 149 cm³/mol. The van der Waals surface area contributed by atoms with Crippen LogP contribution in [0.1, 0.15) is 36.5 Å². The molecule has 4 aromatic rings. The normalized spacial score (nSPS) is 11.1. The number of carbonyl (C=O) groups is 1. The third-order valence-electron chi connectivity index (χ3n) is 5.71. The number of aryl methyl sites for hydroxylation is 2. The number of nitrogens with zero attached hydrogens (tertiary/aromatic N) is 4. The first-order chi connectivity index (χ1) is 17.8. The first kappa shape index (κ1) is 25.6. The SMILES string of the molecule is CCCCc1ccc(-n2nc3cc(C)c(NC(=S)NC(=O)C=Cc4cccc([N+](=O)[O-])c4)cc3n2)cc1. The molecule has 1 aromatic heterocycles. The van der Waals surface area contributed by atoms with Crippen LogP contribution in [0.4, 0.5) is 11.4 Å². The van der Waals surface area contributed by atoms with Crippen LogP contribution in [0.15, 0.2) is 66.7 Å². The number of aromatic nitrogens is 3. The topological polar surface area (TPSA) is 115 Å². The highest BCUT2D eigenvalue weighted by Crippen LogP contribution is 2.22. The Morgan fingerprint density at radius 1 is 1.11 bits per heavy atom. The van der Waals surface area contributed by atoms with Gasteiger partial charge in [0.25, 0.3) is 5.69 Å². The van der Waals surface area contributed by atoms with Gasteiger partial charge in [-0.05, 0) is 79.0 Å². The summed E-state index contributed by atoms with van der Waals surface area (Å²) < 4.78 is 0. The number of amides is 1. The molecule has 3 aromatic carbocycles. The molecule has 0 spiro atoms. The quantitative estimate of drug-likeness (QED) is 0.138. The Hall–Kier alpha value is -4.44. The van der Waals surface area contributed by atoms with Crippen LogP contribution in [0, 0.1) is 17.0 Å². The summed E-state index contributed by atoms with van der Waals surface area (Å²) >= 11 is 5.30. The minimum absolute atomic E-state index is 0.0495. The summed E-state index contributed by atoms with van der Waals surface area (Å²) in [5, 5.41) is 25.8. The van der Waals surface area contributed by atoms with E-state index >= 15 is 0 Å². The Kier molecular flexibility index (Phi) is 7.99. The van der Waals surface area contributed by atoms with E-state index in [1.807, 2.05) is 31.2 Å². The number of unbranched alkanes of at least 4 members (excludes halogenated alkanes) is 1. The largest absolute Gasteiger partial charge is 0.332 e. The molecule has 0 saturated carbocycles. The van der Waals surface area contributed by atoms with E-state index in [1.165, 1.54) is 29.8 Å². The monoisotopic (exact) mass is 514 g/mol. The zero-order chi connectivity index (χ0) is 26.4. The first-order valence-corrected chi connectivity index (χ1v) is 12.2. The van der Waals surface area contributed by atoms with Crippen LogP contribution in [0.2, 0.25) is 0 Å². The van der Waals surface area contributed by atoms with Gasteiger partial charge in [-0.1, -0.05) is 37.6 Å². The van der Waals surface area contributed by atoms with Crippen LogP contribution in [-0.4, -0.2) is 30.9 Å². The average molecular weight is 515 g/mol. The Bertz CT molecular complexity index is 1490. The van der Waals surface area contributed by atoms with Crippen molar-refractivity contribution in [2.75, 3.05) is 5.32 Å². The van der Waals surface area contributed by atoms with Crippen molar-refractivity contribution in [3.63, 3.8) is 0 Å². The summed E-state index contributed by atoms with van der Waals surface area (Å²) in [6, 6.07) is 18.0. The molecule has 1 heterocycles. The molecule has 10 heteroatoms. The van der Waals surface area contributed by atoms with Crippen molar-refractivity contribution in [1.29, 1.82) is 0 Å². The highest BCUT2D eigenvalue weighted by atomic mass is 32.1. The lowest BCUT2D eigenvalue weighted by Gasteiger charge is -2.10. The van der Waals surface area contributed by atoms with E-state index in [4.69, 9.17) is 12.2 Å². The third kappa shape index (κ3) is 6.62. The van der Waals surface area contributed by atoms with Gasteiger partial charge in [-0.25, -0.2) is 0 Å². The second kappa shape index (κ2) is 11.5. The van der Waals surface area contributed by atoms with Gasteiger partial charge in [-0.15, -0.1) is 10.2 Å². The van der Waals surface area contributed by atoms with Crippen LogP contribution >= 0.6 is 12.2 Å². The molecule has 0 saturated heterocycles. The van der Waals surface area contributed by atoms with Gasteiger partial charge in [0.2, 0.25) is 5.91 Å². The number of non-ortho nitro benzene ring substituents is 1. The zero-order valence-electron chi connectivity index (χ0n) is 20.5. The van der Waals surface area contributed by atoms with E-state index in [0.717, 1.165) is 36.0 Å². The molecule has 4 rings (SSSR count). The number of anilines is 1. The summed E-state index contributed by atoms with van der Waals surface area (Å²) in [6.45, 7) is 4.09. The fourth-order valence-electron chi connectivity index (χ4n) is 3.72. The molecule has 188 valence electrons. The van der Waals surface area contributed by atoms with Gasteiger partial charge in [-0.2, -0.15) is 4.80 Å². The van der Waals surface area contributed by atoms with Gasteiger partial charge >= 0.3 is 0 Å². The number of hydrogen-bond acceptors (Lipinski definition) is 6. The summed E-state index contributed by atoms with van der Waals surface area (Å²) in [5.41, 5.74) is 5.66. The average Bonchev–Trinajstić information content (AvgIpc) is 3.29. The Balaban J connectivity index is 1.42. The van der Waals surface area contributed by atoms with Crippen molar-refractivity contribution in [3.8, 4) is 5.69 Å². The molecule has 0 fully saturated rings. The van der Waals surface area contributed by atoms with Crippen molar-refractivity contribution >= 4 is 51.7 Å². The third-order valence-corrected chi connectivity index (χ3v) is 5.91. The van der Waals surface area contributed by atoms with Gasteiger partial charge in [-0.3, -0.25) is 20.2 Å². The number of nitrogens with one attached hydrogen (secondary N) is 2. The molecule has 2 N–H and O–H groups in total. The number of hydrogen-bond donors (Lipinski definition) is 2. The van der Waals surface area contributed by atoms with Crippen molar-refractivity contribution in [2.45, 2.75) is 33.1 Å². The molecular formula is C27H26N6O3S. The second-order valence-corrected chi connectivity index (χ2v) is 8.95. The molecule has 0 radical (unpaired) electrons. The number of rotatable bonds is 8. The zero-order valence-corrected chi connectivity index (χ0v) is 21.3. The molecule has 0 aliphatic rings. The summed E-state index contributed by atoms with van der Waals surface area (Å²) in [5.74, 6) is -0.462. The number of fused-ring (bicyclic) bond motifs is 1. The Labute approximate surface area is 219 Å². The molecule has 0 aliphatic carbocycles. The summed E-state index contributed by atoms with van der Waals surface area (Å²) in [7, 11) is 0. The van der Waals surface area contributed by atoms with Gasteiger partial charge in [0.05, 0.1) is 10.6 Å². The number of nitro groups is 1. The van der Waals surface area contributed by atoms with E-state index in [0.29, 0.717) is 16.8 Å². The fraction of sp³-hybridized carbons (Fsp3) is 0.185. The van der Waals surface area contributed by atoms with Crippen LogP contribution in [0.3, 0.4) is 0 Å². The molecule has 0 bridgehead atoms. The fourth-order valence-corrected chi connectivity index (χ4v) is 3.93. The highest BCUT2D eigenvalue weighted by Gasteiger charge is 2.11. The van der Waals surface area contributed by atoms with Crippen molar-refractivity contribution in [3.05, 3.63) is 93.5 Å². The van der Waals surface area contributed by atoms with Crippen LogP contribution in [0.5, 0.6) is 0 Å². The van der Waals surface area contributed by atoms with E-state index in [1.54, 1.807) is 16.9 Å². The summed E-state index contributed by atoms with van der Waals surface area (Å²) in [6.07, 6.45) is 6.13. The molecule has 9 nitrogen and oxygen atoms in total. The predicted octanol–water partition coefficient (Wildman–Crippen LogP) is 5.51. The number of carbonyl (C=O) groups excluding carboxylic acids is 1. The van der Waals surface area contributed by atoms with Crippen molar-refractivity contribution in [2.24, 2.45) is 0 Å². The maximum atomic E-state index is 12.3. The maximum Gasteiger partial charge on any atom is 0.270 e. The molecule has 0 unspecified atom stereocenters. The second-order valence-electron chi connectivity index (χ2n) is 8.54. The molecule has 1 amide bonds. The molecule has 0 atom stereocenters. The van der Waals surface area contributed by atoms with E-state index in [2.05, 4.69) is 39.9 Å². The Morgan fingerprint density at radius 2 is 1.84 bits per heavy atom. The highest BCUT2D eigenvalue weighted by molar-refractivity contribution is 7.80. The van der Waals surface area contributed by atoms with E-state index < -0.39 is 10.8 Å².